The molecule has 0 bridgehead atoms. The lowest BCUT2D eigenvalue weighted by Crippen LogP contribution is -2.23. The topological polar surface area (TPSA) is 74.8 Å². The number of halogens is 1. The van der Waals surface area contributed by atoms with Gasteiger partial charge < -0.3 is 10.3 Å². The number of hydrogen-bond acceptors (Lipinski definition) is 5. The van der Waals surface area contributed by atoms with Crippen LogP contribution in [0.25, 0.3) is 10.2 Å². The highest BCUT2D eigenvalue weighted by atomic mass is 32.2. The lowest BCUT2D eigenvalue weighted by molar-refractivity contribution is -0.115. The maximum Gasteiger partial charge on any atom is 0.259 e. The summed E-state index contributed by atoms with van der Waals surface area (Å²) in [7, 11) is 0. The Bertz CT molecular complexity index is 1070. The van der Waals surface area contributed by atoms with Crippen LogP contribution in [0.15, 0.2) is 23.0 Å². The fourth-order valence-corrected chi connectivity index (χ4v) is 4.45. The van der Waals surface area contributed by atoms with Crippen LogP contribution in [0.5, 0.6) is 0 Å². The van der Waals surface area contributed by atoms with E-state index in [0.717, 1.165) is 15.3 Å². The van der Waals surface area contributed by atoms with Crippen molar-refractivity contribution in [2.24, 2.45) is 0 Å². The smallest absolute Gasteiger partial charge is 0.259 e. The summed E-state index contributed by atoms with van der Waals surface area (Å²) in [5, 5.41) is 3.09. The monoisotopic (exact) mass is 405 g/mol. The van der Waals surface area contributed by atoms with Gasteiger partial charge in [-0.3, -0.25) is 9.59 Å². The third-order valence-electron chi connectivity index (χ3n) is 4.37. The van der Waals surface area contributed by atoms with E-state index in [1.165, 1.54) is 35.2 Å². The number of fused-ring (bicyclic) bond motifs is 1. The molecule has 0 spiro atoms. The summed E-state index contributed by atoms with van der Waals surface area (Å²) in [5.74, 6) is 0.452. The molecule has 2 aromatic heterocycles. The minimum Gasteiger partial charge on any atom is -0.325 e. The van der Waals surface area contributed by atoms with Crippen LogP contribution in [0.4, 0.5) is 10.1 Å². The number of thiophene rings is 1. The Morgan fingerprint density at radius 3 is 2.81 bits per heavy atom. The van der Waals surface area contributed by atoms with Gasteiger partial charge >= 0.3 is 0 Å². The van der Waals surface area contributed by atoms with E-state index >= 15 is 0 Å². The average molecular weight is 406 g/mol. The fourth-order valence-electron chi connectivity index (χ4n) is 2.65. The first-order valence-electron chi connectivity index (χ1n) is 8.43. The number of hydrogen-bond donors (Lipinski definition) is 2. The van der Waals surface area contributed by atoms with Crippen molar-refractivity contribution in [3.63, 3.8) is 0 Å². The van der Waals surface area contributed by atoms with Gasteiger partial charge in [-0.05, 0) is 57.0 Å². The predicted octanol–water partition coefficient (Wildman–Crippen LogP) is 4.31. The van der Waals surface area contributed by atoms with Gasteiger partial charge in [-0.1, -0.05) is 0 Å². The molecule has 0 unspecified atom stereocenters. The van der Waals surface area contributed by atoms with Crippen LogP contribution in [0.3, 0.4) is 0 Å². The summed E-state index contributed by atoms with van der Waals surface area (Å²) in [4.78, 5) is 33.8. The Labute approximate surface area is 164 Å². The van der Waals surface area contributed by atoms with Crippen molar-refractivity contribution in [1.82, 2.24) is 9.97 Å². The highest BCUT2D eigenvalue weighted by Crippen LogP contribution is 2.26. The Hall–Kier alpha value is -2.19. The number of rotatable bonds is 5. The zero-order valence-electron chi connectivity index (χ0n) is 15.5. The highest BCUT2D eigenvalue weighted by Gasteiger charge is 2.17. The van der Waals surface area contributed by atoms with Gasteiger partial charge in [0, 0.05) is 10.6 Å². The maximum absolute atomic E-state index is 13.2. The van der Waals surface area contributed by atoms with Crippen LogP contribution in [-0.4, -0.2) is 21.1 Å². The second kappa shape index (κ2) is 7.82. The number of aryl methyl sites for hydroxylation is 3. The molecule has 0 aliphatic rings. The van der Waals surface area contributed by atoms with Gasteiger partial charge in [0.2, 0.25) is 5.91 Å². The molecule has 5 nitrogen and oxygen atoms in total. The van der Waals surface area contributed by atoms with E-state index in [4.69, 9.17) is 0 Å². The molecule has 0 aliphatic heterocycles. The zero-order valence-corrected chi connectivity index (χ0v) is 17.1. The molecule has 0 saturated heterocycles. The van der Waals surface area contributed by atoms with E-state index in [-0.39, 0.29) is 22.5 Å². The normalized spacial score (nSPS) is 12.3. The molecule has 0 radical (unpaired) electrons. The molecule has 1 aromatic carbocycles. The van der Waals surface area contributed by atoms with Gasteiger partial charge in [0.15, 0.2) is 0 Å². The number of anilines is 1. The molecule has 0 aliphatic carbocycles. The number of nitrogens with one attached hydrogen (secondary N) is 2. The Morgan fingerprint density at radius 2 is 2.11 bits per heavy atom. The average Bonchev–Trinajstić information content (AvgIpc) is 2.89. The summed E-state index contributed by atoms with van der Waals surface area (Å²) in [6, 6.07) is 4.24. The van der Waals surface area contributed by atoms with Gasteiger partial charge in [0.1, 0.15) is 16.5 Å². The predicted molar refractivity (Wildman–Crippen MR) is 110 cm³/mol. The van der Waals surface area contributed by atoms with Crippen molar-refractivity contribution < 1.29 is 9.18 Å². The molecule has 3 rings (SSSR count). The number of carbonyl (C=O) groups is 1. The number of benzene rings is 1. The summed E-state index contributed by atoms with van der Waals surface area (Å²) < 4.78 is 13.2. The molecular formula is C19H20FN3O2S2. The highest BCUT2D eigenvalue weighted by molar-refractivity contribution is 7.99. The number of nitrogens with zero attached hydrogens (tertiary/aromatic N) is 1. The van der Waals surface area contributed by atoms with E-state index < -0.39 is 0 Å². The van der Waals surface area contributed by atoms with Crippen LogP contribution < -0.4 is 10.9 Å². The van der Waals surface area contributed by atoms with Gasteiger partial charge in [-0.15, -0.1) is 23.1 Å². The SMILES string of the molecule is Cc1cc(F)ccc1NC(=O)[C@@H](C)SCc1nc2sc(C)c(C)c2c(=O)[nH]1. The first-order chi connectivity index (χ1) is 12.8. The number of amides is 1. The molecule has 3 aromatic rings. The van der Waals surface area contributed by atoms with Crippen molar-refractivity contribution in [3.8, 4) is 0 Å². The van der Waals surface area contributed by atoms with Crippen molar-refractivity contribution in [2.75, 3.05) is 5.32 Å². The quantitative estimate of drug-likeness (QED) is 0.663. The van der Waals surface area contributed by atoms with Crippen molar-refractivity contribution >= 4 is 44.9 Å². The molecule has 0 saturated carbocycles. The van der Waals surface area contributed by atoms with Gasteiger partial charge in [0.05, 0.1) is 16.4 Å². The molecule has 142 valence electrons. The van der Waals surface area contributed by atoms with Crippen LogP contribution in [0.2, 0.25) is 0 Å². The minimum absolute atomic E-state index is 0.142. The summed E-state index contributed by atoms with van der Waals surface area (Å²) in [5.41, 5.74) is 2.08. The van der Waals surface area contributed by atoms with E-state index in [1.54, 1.807) is 19.9 Å². The second-order valence-electron chi connectivity index (χ2n) is 6.38. The Balaban J connectivity index is 1.68. The van der Waals surface area contributed by atoms with Crippen LogP contribution in [0.1, 0.15) is 28.8 Å². The Morgan fingerprint density at radius 1 is 1.37 bits per heavy atom. The van der Waals surface area contributed by atoms with E-state index in [9.17, 15) is 14.0 Å². The van der Waals surface area contributed by atoms with Crippen molar-refractivity contribution in [1.29, 1.82) is 0 Å². The van der Waals surface area contributed by atoms with Crippen molar-refractivity contribution in [3.05, 3.63) is 56.2 Å². The molecule has 2 heterocycles. The molecule has 1 atom stereocenters. The molecule has 8 heteroatoms. The van der Waals surface area contributed by atoms with Gasteiger partial charge in [-0.25, -0.2) is 9.37 Å². The molecule has 2 N–H and O–H groups in total. The number of thioether (sulfide) groups is 1. The van der Waals surface area contributed by atoms with E-state index in [0.29, 0.717) is 28.2 Å². The summed E-state index contributed by atoms with van der Waals surface area (Å²) in [6.07, 6.45) is 0. The molecule has 1 amide bonds. The molecular weight excluding hydrogens is 385 g/mol. The van der Waals surface area contributed by atoms with E-state index in [1.807, 2.05) is 13.8 Å². The lowest BCUT2D eigenvalue weighted by Gasteiger charge is -2.13. The number of H-pyrrole nitrogens is 1. The van der Waals surface area contributed by atoms with Gasteiger partial charge in [0.25, 0.3) is 5.56 Å². The minimum atomic E-state index is -0.359. The molecule has 0 fully saturated rings. The second-order valence-corrected chi connectivity index (χ2v) is 8.91. The third kappa shape index (κ3) is 4.22. The fraction of sp³-hybridized carbons (Fsp3) is 0.316. The van der Waals surface area contributed by atoms with Crippen molar-refractivity contribution in [2.45, 2.75) is 38.7 Å². The maximum atomic E-state index is 13.2. The van der Waals surface area contributed by atoms with E-state index in [2.05, 4.69) is 15.3 Å². The summed E-state index contributed by atoms with van der Waals surface area (Å²) in [6.45, 7) is 7.42. The van der Waals surface area contributed by atoms with Crippen LogP contribution in [0, 0.1) is 26.6 Å². The first-order valence-corrected chi connectivity index (χ1v) is 10.3. The molecule has 27 heavy (non-hydrogen) atoms. The number of aromatic amines is 1. The van der Waals surface area contributed by atoms with Crippen LogP contribution in [-0.2, 0) is 10.5 Å². The third-order valence-corrected chi connectivity index (χ3v) is 6.63. The standard InChI is InChI=1S/C19H20FN3O2S2/c1-9-7-13(20)5-6-14(9)21-17(24)12(4)26-8-15-22-18(25)16-10(2)11(3)27-19(16)23-15/h5-7,12H,8H2,1-4H3,(H,21,24)(H,22,23,25)/t12-/m1/s1. The number of carbonyl (C=O) groups excluding carboxylic acids is 1. The van der Waals surface area contributed by atoms with Gasteiger partial charge in [-0.2, -0.15) is 0 Å². The Kier molecular flexibility index (Phi) is 5.67. The first kappa shape index (κ1) is 19.6. The zero-order chi connectivity index (χ0) is 19.7. The lowest BCUT2D eigenvalue weighted by atomic mass is 10.2. The summed E-state index contributed by atoms with van der Waals surface area (Å²) >= 11 is 2.88. The largest absolute Gasteiger partial charge is 0.325 e. The van der Waals surface area contributed by atoms with Crippen LogP contribution >= 0.6 is 23.1 Å². The number of aromatic nitrogens is 2.